The third-order valence-electron chi connectivity index (χ3n) is 2.64. The van der Waals surface area contributed by atoms with Gasteiger partial charge in [-0.1, -0.05) is 24.9 Å². The number of amides is 2. The number of benzene rings is 1. The minimum absolute atomic E-state index is 0.0521. The Labute approximate surface area is 120 Å². The summed E-state index contributed by atoms with van der Waals surface area (Å²) in [5.41, 5.74) is -0.929. The topological polar surface area (TPSA) is 41.1 Å². The molecule has 0 fully saturated rings. The van der Waals surface area contributed by atoms with E-state index in [0.717, 1.165) is 31.0 Å². The molecule has 0 heterocycles. The van der Waals surface area contributed by atoms with Gasteiger partial charge in [-0.05, 0) is 31.5 Å². The molecule has 1 rings (SSSR count). The molecule has 1 aromatic carbocycles. The van der Waals surface area contributed by atoms with Crippen LogP contribution in [0.15, 0.2) is 18.2 Å². The van der Waals surface area contributed by atoms with Gasteiger partial charge in [0.1, 0.15) is 0 Å². The maximum Gasteiger partial charge on any atom is 0.416 e. The molecule has 2 amide bonds. The molecule has 0 aliphatic heterocycles. The normalized spacial score (nSPS) is 12.9. The standard InChI is InChI=1S/C13H16ClF3N2O/c1-3-4-8(2)18-12(20)19-11-7-9(13(15,16)17)5-6-10(11)14/h5-8H,3-4H2,1-2H3,(H2,18,19,20). The molecule has 0 saturated heterocycles. The molecule has 1 atom stereocenters. The Morgan fingerprint density at radius 2 is 2.05 bits per heavy atom. The van der Waals surface area contributed by atoms with Gasteiger partial charge in [0.25, 0.3) is 0 Å². The average Bonchev–Trinajstić information content (AvgIpc) is 2.30. The second-order valence-electron chi connectivity index (χ2n) is 4.48. The predicted molar refractivity (Wildman–Crippen MR) is 73.0 cm³/mol. The first-order valence-corrected chi connectivity index (χ1v) is 6.56. The van der Waals surface area contributed by atoms with Crippen molar-refractivity contribution >= 4 is 23.3 Å². The fourth-order valence-electron chi connectivity index (χ4n) is 1.68. The number of anilines is 1. The van der Waals surface area contributed by atoms with Crippen molar-refractivity contribution in [2.45, 2.75) is 38.9 Å². The number of halogens is 4. The van der Waals surface area contributed by atoms with E-state index in [4.69, 9.17) is 11.6 Å². The summed E-state index contributed by atoms with van der Waals surface area (Å²) >= 11 is 5.78. The van der Waals surface area contributed by atoms with E-state index >= 15 is 0 Å². The van der Waals surface area contributed by atoms with Crippen LogP contribution in [-0.2, 0) is 6.18 Å². The van der Waals surface area contributed by atoms with Crippen molar-refractivity contribution in [3.63, 3.8) is 0 Å². The molecule has 0 saturated carbocycles. The maximum absolute atomic E-state index is 12.6. The highest BCUT2D eigenvalue weighted by Crippen LogP contribution is 2.33. The maximum atomic E-state index is 12.6. The lowest BCUT2D eigenvalue weighted by atomic mass is 10.2. The van der Waals surface area contributed by atoms with Crippen LogP contribution in [0.25, 0.3) is 0 Å². The Balaban J connectivity index is 2.79. The number of alkyl halides is 3. The van der Waals surface area contributed by atoms with Crippen LogP contribution in [0.2, 0.25) is 5.02 Å². The van der Waals surface area contributed by atoms with Gasteiger partial charge in [0, 0.05) is 6.04 Å². The number of carbonyl (C=O) groups is 1. The van der Waals surface area contributed by atoms with E-state index in [9.17, 15) is 18.0 Å². The molecule has 1 unspecified atom stereocenters. The van der Waals surface area contributed by atoms with Crippen LogP contribution < -0.4 is 10.6 Å². The first kappa shape index (κ1) is 16.6. The first-order valence-electron chi connectivity index (χ1n) is 6.18. The van der Waals surface area contributed by atoms with E-state index in [1.54, 1.807) is 0 Å². The first-order chi connectivity index (χ1) is 9.24. The van der Waals surface area contributed by atoms with Crippen molar-refractivity contribution < 1.29 is 18.0 Å². The third kappa shape index (κ3) is 4.92. The Morgan fingerprint density at radius 1 is 1.40 bits per heavy atom. The molecule has 0 bridgehead atoms. The lowest BCUT2D eigenvalue weighted by Gasteiger charge is -2.15. The van der Waals surface area contributed by atoms with Crippen LogP contribution in [0.3, 0.4) is 0 Å². The van der Waals surface area contributed by atoms with Crippen LogP contribution in [0.4, 0.5) is 23.7 Å². The Hall–Kier alpha value is -1.43. The van der Waals surface area contributed by atoms with Crippen molar-refractivity contribution in [3.8, 4) is 0 Å². The molecule has 7 heteroatoms. The highest BCUT2D eigenvalue weighted by Gasteiger charge is 2.31. The van der Waals surface area contributed by atoms with Gasteiger partial charge < -0.3 is 10.6 Å². The lowest BCUT2D eigenvalue weighted by Crippen LogP contribution is -2.36. The Morgan fingerprint density at radius 3 is 2.60 bits per heavy atom. The van der Waals surface area contributed by atoms with Gasteiger partial charge in [-0.15, -0.1) is 0 Å². The smallest absolute Gasteiger partial charge is 0.335 e. The Kier molecular flexibility index (Phi) is 5.68. The fraction of sp³-hybridized carbons (Fsp3) is 0.462. The van der Waals surface area contributed by atoms with E-state index in [2.05, 4.69) is 10.6 Å². The van der Waals surface area contributed by atoms with Crippen LogP contribution in [0, 0.1) is 0 Å². The highest BCUT2D eigenvalue weighted by atomic mass is 35.5. The quantitative estimate of drug-likeness (QED) is 0.834. The SMILES string of the molecule is CCCC(C)NC(=O)Nc1cc(C(F)(F)F)ccc1Cl. The zero-order valence-corrected chi connectivity index (χ0v) is 11.9. The number of hydrogen-bond donors (Lipinski definition) is 2. The monoisotopic (exact) mass is 308 g/mol. The van der Waals surface area contributed by atoms with Gasteiger partial charge >= 0.3 is 12.2 Å². The van der Waals surface area contributed by atoms with Crippen molar-refractivity contribution in [2.24, 2.45) is 0 Å². The summed E-state index contributed by atoms with van der Waals surface area (Å²) in [6.07, 6.45) is -2.80. The zero-order chi connectivity index (χ0) is 15.3. The Bertz CT molecular complexity index is 477. The van der Waals surface area contributed by atoms with E-state index in [-0.39, 0.29) is 16.8 Å². The molecule has 2 N–H and O–H groups in total. The molecular weight excluding hydrogens is 293 g/mol. The van der Waals surface area contributed by atoms with Crippen LogP contribution in [0.5, 0.6) is 0 Å². The number of rotatable bonds is 4. The molecule has 0 aliphatic rings. The van der Waals surface area contributed by atoms with Crippen LogP contribution >= 0.6 is 11.6 Å². The van der Waals surface area contributed by atoms with Crippen molar-refractivity contribution in [2.75, 3.05) is 5.32 Å². The van der Waals surface area contributed by atoms with Gasteiger partial charge in [-0.25, -0.2) is 4.79 Å². The van der Waals surface area contributed by atoms with Crippen LogP contribution in [0.1, 0.15) is 32.3 Å². The van der Waals surface area contributed by atoms with E-state index < -0.39 is 17.8 Å². The number of hydrogen-bond acceptors (Lipinski definition) is 1. The van der Waals surface area contributed by atoms with Gasteiger partial charge in [0.15, 0.2) is 0 Å². The van der Waals surface area contributed by atoms with Gasteiger partial charge in [-0.3, -0.25) is 0 Å². The van der Waals surface area contributed by atoms with E-state index in [1.807, 2.05) is 13.8 Å². The van der Waals surface area contributed by atoms with Gasteiger partial charge in [0.05, 0.1) is 16.3 Å². The summed E-state index contributed by atoms with van der Waals surface area (Å²) in [6, 6.07) is 2.14. The van der Waals surface area contributed by atoms with E-state index in [1.165, 1.54) is 0 Å². The summed E-state index contributed by atoms with van der Waals surface area (Å²) in [5, 5.41) is 5.01. The van der Waals surface area contributed by atoms with Gasteiger partial charge in [-0.2, -0.15) is 13.2 Å². The van der Waals surface area contributed by atoms with Crippen molar-refractivity contribution in [1.29, 1.82) is 0 Å². The second-order valence-corrected chi connectivity index (χ2v) is 4.89. The molecule has 20 heavy (non-hydrogen) atoms. The summed E-state index contributed by atoms with van der Waals surface area (Å²) in [7, 11) is 0. The predicted octanol–water partition coefficient (Wildman–Crippen LogP) is 4.67. The summed E-state index contributed by atoms with van der Waals surface area (Å²) in [6.45, 7) is 3.79. The summed E-state index contributed by atoms with van der Waals surface area (Å²) < 4.78 is 37.7. The molecule has 0 spiro atoms. The van der Waals surface area contributed by atoms with Crippen molar-refractivity contribution in [3.05, 3.63) is 28.8 Å². The molecule has 3 nitrogen and oxygen atoms in total. The molecule has 0 aliphatic carbocycles. The minimum Gasteiger partial charge on any atom is -0.335 e. The molecule has 112 valence electrons. The summed E-state index contributed by atoms with van der Waals surface area (Å²) in [4.78, 5) is 11.6. The lowest BCUT2D eigenvalue weighted by molar-refractivity contribution is -0.137. The van der Waals surface area contributed by atoms with Crippen LogP contribution in [-0.4, -0.2) is 12.1 Å². The minimum atomic E-state index is -4.48. The number of nitrogens with one attached hydrogen (secondary N) is 2. The summed E-state index contributed by atoms with van der Waals surface area (Å²) in [5.74, 6) is 0. The number of carbonyl (C=O) groups excluding carboxylic acids is 1. The molecule has 0 radical (unpaired) electrons. The average molecular weight is 309 g/mol. The molecular formula is C13H16ClF3N2O. The molecule has 0 aromatic heterocycles. The largest absolute Gasteiger partial charge is 0.416 e. The molecule has 1 aromatic rings. The van der Waals surface area contributed by atoms with Gasteiger partial charge in [0.2, 0.25) is 0 Å². The number of urea groups is 1. The highest BCUT2D eigenvalue weighted by molar-refractivity contribution is 6.33. The van der Waals surface area contributed by atoms with Crippen molar-refractivity contribution in [1.82, 2.24) is 5.32 Å². The third-order valence-corrected chi connectivity index (χ3v) is 2.97. The zero-order valence-electron chi connectivity index (χ0n) is 11.1. The second kappa shape index (κ2) is 6.83. The van der Waals surface area contributed by atoms with E-state index in [0.29, 0.717) is 0 Å². The fourth-order valence-corrected chi connectivity index (χ4v) is 1.85.